The van der Waals surface area contributed by atoms with Crippen molar-refractivity contribution >= 4 is 23.3 Å². The lowest BCUT2D eigenvalue weighted by atomic mass is 9.93. The monoisotopic (exact) mass is 337 g/mol. The van der Waals surface area contributed by atoms with Gasteiger partial charge in [0.1, 0.15) is 11.3 Å². The van der Waals surface area contributed by atoms with Crippen molar-refractivity contribution in [2.75, 3.05) is 51.2 Å². The zero-order chi connectivity index (χ0) is 16.2. The van der Waals surface area contributed by atoms with Gasteiger partial charge in [-0.25, -0.2) is 9.97 Å². The molecule has 0 bridgehead atoms. The van der Waals surface area contributed by atoms with Gasteiger partial charge in [0.2, 0.25) is 5.91 Å². The molecule has 1 amide bonds. The molecule has 2 aliphatic rings. The summed E-state index contributed by atoms with van der Waals surface area (Å²) < 4.78 is 0. The van der Waals surface area contributed by atoms with Gasteiger partial charge in [0.05, 0.1) is 6.20 Å². The largest absolute Gasteiger partial charge is 0.355 e. The molecule has 1 aromatic heterocycles. The molecular formula is C16H24ClN5O. The quantitative estimate of drug-likeness (QED) is 0.837. The van der Waals surface area contributed by atoms with Gasteiger partial charge in [-0.05, 0) is 25.8 Å². The van der Waals surface area contributed by atoms with E-state index in [-0.39, 0.29) is 0 Å². The van der Waals surface area contributed by atoms with Crippen LogP contribution in [0.2, 0.25) is 5.02 Å². The van der Waals surface area contributed by atoms with E-state index in [0.29, 0.717) is 23.3 Å². The number of anilines is 1. The van der Waals surface area contributed by atoms with Gasteiger partial charge in [-0.3, -0.25) is 4.79 Å². The number of amides is 1. The molecule has 0 radical (unpaired) electrons. The van der Waals surface area contributed by atoms with Gasteiger partial charge >= 0.3 is 0 Å². The highest BCUT2D eigenvalue weighted by Crippen LogP contribution is 2.28. The van der Waals surface area contributed by atoms with Crippen LogP contribution in [0.15, 0.2) is 12.5 Å². The SMILES string of the molecule is CN1CCN(C(=O)CC2CCN(c3ncncc3Cl)CC2)CC1. The van der Waals surface area contributed by atoms with Crippen LogP contribution in [0, 0.1) is 5.92 Å². The van der Waals surface area contributed by atoms with E-state index in [2.05, 4.69) is 26.8 Å². The Bertz CT molecular complexity index is 539. The Morgan fingerprint density at radius 2 is 1.91 bits per heavy atom. The van der Waals surface area contributed by atoms with Crippen LogP contribution >= 0.6 is 11.6 Å². The number of piperidine rings is 1. The van der Waals surface area contributed by atoms with E-state index in [1.807, 2.05) is 4.90 Å². The van der Waals surface area contributed by atoms with Crippen molar-refractivity contribution in [1.29, 1.82) is 0 Å². The number of halogens is 1. The molecule has 2 aliphatic heterocycles. The molecule has 23 heavy (non-hydrogen) atoms. The van der Waals surface area contributed by atoms with Gasteiger partial charge in [0.15, 0.2) is 5.82 Å². The number of piperazine rings is 1. The topological polar surface area (TPSA) is 52.6 Å². The minimum absolute atomic E-state index is 0.316. The number of nitrogens with zero attached hydrogens (tertiary/aromatic N) is 5. The fourth-order valence-corrected chi connectivity index (χ4v) is 3.54. The van der Waals surface area contributed by atoms with E-state index in [1.165, 1.54) is 6.33 Å². The number of hydrogen-bond acceptors (Lipinski definition) is 5. The lowest BCUT2D eigenvalue weighted by Gasteiger charge is -2.36. The van der Waals surface area contributed by atoms with E-state index < -0.39 is 0 Å². The second kappa shape index (κ2) is 7.45. The maximum absolute atomic E-state index is 12.4. The van der Waals surface area contributed by atoms with Gasteiger partial charge in [-0.2, -0.15) is 0 Å². The summed E-state index contributed by atoms with van der Waals surface area (Å²) in [5.74, 6) is 1.60. The number of likely N-dealkylation sites (N-methyl/N-ethyl adjacent to an activating group) is 1. The fraction of sp³-hybridized carbons (Fsp3) is 0.688. The fourth-order valence-electron chi connectivity index (χ4n) is 3.32. The van der Waals surface area contributed by atoms with E-state index in [4.69, 9.17) is 11.6 Å². The summed E-state index contributed by atoms with van der Waals surface area (Å²) in [6.45, 7) is 5.50. The number of carbonyl (C=O) groups is 1. The highest BCUT2D eigenvalue weighted by atomic mass is 35.5. The molecular weight excluding hydrogens is 314 g/mol. The van der Waals surface area contributed by atoms with Crippen LogP contribution in [0.3, 0.4) is 0 Å². The first kappa shape index (κ1) is 16.5. The summed E-state index contributed by atoms with van der Waals surface area (Å²) in [6.07, 6.45) is 5.87. The smallest absolute Gasteiger partial charge is 0.222 e. The normalized spacial score (nSPS) is 20.8. The van der Waals surface area contributed by atoms with Crippen LogP contribution in [-0.4, -0.2) is 72.0 Å². The Kier molecular flexibility index (Phi) is 5.33. The second-order valence-electron chi connectivity index (χ2n) is 6.51. The highest BCUT2D eigenvalue weighted by Gasteiger charge is 2.26. The molecule has 7 heteroatoms. The number of carbonyl (C=O) groups excluding carboxylic acids is 1. The molecule has 126 valence electrons. The summed E-state index contributed by atoms with van der Waals surface area (Å²) >= 11 is 6.16. The zero-order valence-corrected chi connectivity index (χ0v) is 14.4. The van der Waals surface area contributed by atoms with E-state index in [9.17, 15) is 4.79 Å². The first-order chi connectivity index (χ1) is 11.1. The van der Waals surface area contributed by atoms with Gasteiger partial charge in [0, 0.05) is 45.7 Å². The highest BCUT2D eigenvalue weighted by molar-refractivity contribution is 6.32. The van der Waals surface area contributed by atoms with Crippen LogP contribution in [0.25, 0.3) is 0 Å². The van der Waals surface area contributed by atoms with E-state index >= 15 is 0 Å². The van der Waals surface area contributed by atoms with Crippen LogP contribution in [0.5, 0.6) is 0 Å². The van der Waals surface area contributed by atoms with E-state index in [0.717, 1.165) is 57.9 Å². The van der Waals surface area contributed by atoms with E-state index in [1.54, 1.807) is 6.20 Å². The number of rotatable bonds is 3. The molecule has 0 aliphatic carbocycles. The van der Waals surface area contributed by atoms with Gasteiger partial charge in [-0.15, -0.1) is 0 Å². The summed E-state index contributed by atoms with van der Waals surface area (Å²) in [7, 11) is 2.11. The minimum Gasteiger partial charge on any atom is -0.355 e. The van der Waals surface area contributed by atoms with Crippen LogP contribution in [0.1, 0.15) is 19.3 Å². The maximum atomic E-state index is 12.4. The molecule has 0 spiro atoms. The van der Waals surface area contributed by atoms with Gasteiger partial charge in [0.25, 0.3) is 0 Å². The Morgan fingerprint density at radius 1 is 1.22 bits per heavy atom. The Hall–Kier alpha value is -1.40. The summed E-state index contributed by atoms with van der Waals surface area (Å²) in [5.41, 5.74) is 0. The predicted octanol–water partition coefficient (Wildman–Crippen LogP) is 1.51. The molecule has 3 heterocycles. The lowest BCUT2D eigenvalue weighted by molar-refractivity contribution is -0.133. The molecule has 0 atom stereocenters. The molecule has 0 N–H and O–H groups in total. The van der Waals surface area contributed by atoms with Crippen LogP contribution in [-0.2, 0) is 4.79 Å². The molecule has 2 saturated heterocycles. The van der Waals surface area contributed by atoms with Gasteiger partial charge < -0.3 is 14.7 Å². The Balaban J connectivity index is 1.48. The van der Waals surface area contributed by atoms with Crippen molar-refractivity contribution in [2.45, 2.75) is 19.3 Å². The number of aromatic nitrogens is 2. The van der Waals surface area contributed by atoms with Crippen LogP contribution < -0.4 is 4.90 Å². The summed E-state index contributed by atoms with van der Waals surface area (Å²) in [4.78, 5) is 27.1. The number of hydrogen-bond donors (Lipinski definition) is 0. The third-order valence-corrected chi connectivity index (χ3v) is 5.15. The third kappa shape index (κ3) is 4.12. The first-order valence-electron chi connectivity index (χ1n) is 8.30. The second-order valence-corrected chi connectivity index (χ2v) is 6.92. The van der Waals surface area contributed by atoms with Crippen molar-refractivity contribution in [3.8, 4) is 0 Å². The standard InChI is InChI=1S/C16H24ClN5O/c1-20-6-8-21(9-7-20)15(23)10-13-2-4-22(5-3-13)16-14(17)11-18-12-19-16/h11-13H,2-10H2,1H3. The molecule has 6 nitrogen and oxygen atoms in total. The average Bonchev–Trinajstić information content (AvgIpc) is 2.57. The van der Waals surface area contributed by atoms with Crippen molar-refractivity contribution in [1.82, 2.24) is 19.8 Å². The van der Waals surface area contributed by atoms with Gasteiger partial charge in [-0.1, -0.05) is 11.6 Å². The maximum Gasteiger partial charge on any atom is 0.222 e. The van der Waals surface area contributed by atoms with Crippen molar-refractivity contribution in [3.05, 3.63) is 17.5 Å². The third-order valence-electron chi connectivity index (χ3n) is 4.88. The molecule has 3 rings (SSSR count). The molecule has 1 aromatic rings. The zero-order valence-electron chi connectivity index (χ0n) is 13.6. The van der Waals surface area contributed by atoms with Crippen LogP contribution in [0.4, 0.5) is 5.82 Å². The molecule has 0 saturated carbocycles. The first-order valence-corrected chi connectivity index (χ1v) is 8.68. The minimum atomic E-state index is 0.316. The van der Waals surface area contributed by atoms with Crippen molar-refractivity contribution in [2.24, 2.45) is 5.92 Å². The molecule has 0 unspecified atom stereocenters. The lowest BCUT2D eigenvalue weighted by Crippen LogP contribution is -2.47. The molecule has 2 fully saturated rings. The summed E-state index contributed by atoms with van der Waals surface area (Å²) in [5, 5.41) is 0.597. The average molecular weight is 338 g/mol. The van der Waals surface area contributed by atoms with Crippen molar-refractivity contribution in [3.63, 3.8) is 0 Å². The predicted molar refractivity (Wildman–Crippen MR) is 90.7 cm³/mol. The summed E-state index contributed by atoms with van der Waals surface area (Å²) in [6, 6.07) is 0. The molecule has 0 aromatic carbocycles. The Morgan fingerprint density at radius 3 is 2.57 bits per heavy atom. The Labute approximate surface area is 142 Å². The van der Waals surface area contributed by atoms with Crippen molar-refractivity contribution < 1.29 is 4.79 Å².